The van der Waals surface area contributed by atoms with Crippen LogP contribution >= 0.6 is 11.6 Å². The Balaban J connectivity index is 1.80. The lowest BCUT2D eigenvalue weighted by Gasteiger charge is -2.08. The van der Waals surface area contributed by atoms with E-state index in [1.807, 2.05) is 19.1 Å². The number of aromatic nitrogens is 2. The minimum atomic E-state index is -0.129. The molecule has 0 saturated heterocycles. The molecule has 0 aliphatic heterocycles. The highest BCUT2D eigenvalue weighted by molar-refractivity contribution is 6.32. The number of nitrogens with one attached hydrogen (secondary N) is 2. The molecular formula is C14H16ClN3O2. The van der Waals surface area contributed by atoms with E-state index in [-0.39, 0.29) is 18.9 Å². The van der Waals surface area contributed by atoms with Crippen molar-refractivity contribution in [2.45, 2.75) is 19.8 Å². The van der Waals surface area contributed by atoms with E-state index < -0.39 is 0 Å². The Kier molecular flexibility index (Phi) is 5.01. The quantitative estimate of drug-likeness (QED) is 0.860. The van der Waals surface area contributed by atoms with Crippen LogP contribution in [-0.4, -0.2) is 22.7 Å². The van der Waals surface area contributed by atoms with Crippen LogP contribution in [0.15, 0.2) is 30.5 Å². The van der Waals surface area contributed by atoms with Gasteiger partial charge in [0.25, 0.3) is 0 Å². The molecule has 1 heterocycles. The number of aryl methyl sites for hydroxylation is 1. The summed E-state index contributed by atoms with van der Waals surface area (Å²) >= 11 is 5.96. The zero-order valence-electron chi connectivity index (χ0n) is 11.1. The van der Waals surface area contributed by atoms with E-state index in [1.165, 1.54) is 0 Å². The molecule has 1 amide bonds. The maximum atomic E-state index is 11.8. The summed E-state index contributed by atoms with van der Waals surface area (Å²) in [5.41, 5.74) is 0.977. The molecule has 0 aliphatic carbocycles. The number of para-hydroxylation sites is 1. The van der Waals surface area contributed by atoms with Crippen molar-refractivity contribution < 1.29 is 9.53 Å². The van der Waals surface area contributed by atoms with E-state index in [2.05, 4.69) is 15.5 Å². The van der Waals surface area contributed by atoms with Gasteiger partial charge in [-0.15, -0.1) is 0 Å². The minimum absolute atomic E-state index is 0.129. The molecule has 0 bridgehead atoms. The van der Waals surface area contributed by atoms with Gasteiger partial charge in [0.1, 0.15) is 11.6 Å². The number of nitrogens with zero attached hydrogens (tertiary/aromatic N) is 1. The van der Waals surface area contributed by atoms with E-state index in [4.69, 9.17) is 16.3 Å². The molecule has 0 fully saturated rings. The number of halogens is 1. The van der Waals surface area contributed by atoms with Crippen LogP contribution < -0.4 is 10.1 Å². The Bertz CT molecular complexity index is 583. The van der Waals surface area contributed by atoms with Crippen LogP contribution in [0.3, 0.4) is 0 Å². The first-order valence-electron chi connectivity index (χ1n) is 6.40. The number of anilines is 1. The number of aromatic amines is 1. The first kappa shape index (κ1) is 14.4. The molecule has 20 heavy (non-hydrogen) atoms. The van der Waals surface area contributed by atoms with Crippen LogP contribution in [0.1, 0.15) is 18.9 Å². The van der Waals surface area contributed by atoms with Gasteiger partial charge in [0.15, 0.2) is 0 Å². The lowest BCUT2D eigenvalue weighted by atomic mass is 10.2. The standard InChI is InChI=1S/C14H16ClN3O2/c1-2-10-9-16-18-14(10)17-13(19)7-8-20-12-6-4-3-5-11(12)15/h3-6,9H,2,7-8H2,1H3,(H2,16,17,18,19). The van der Waals surface area contributed by atoms with Crippen molar-refractivity contribution in [3.63, 3.8) is 0 Å². The number of amides is 1. The summed E-state index contributed by atoms with van der Waals surface area (Å²) in [6, 6.07) is 7.17. The summed E-state index contributed by atoms with van der Waals surface area (Å²) in [4.78, 5) is 11.8. The number of carbonyl (C=O) groups is 1. The van der Waals surface area contributed by atoms with Gasteiger partial charge in [-0.25, -0.2) is 0 Å². The second-order valence-corrected chi connectivity index (χ2v) is 4.61. The van der Waals surface area contributed by atoms with E-state index >= 15 is 0 Å². The van der Waals surface area contributed by atoms with Gasteiger partial charge >= 0.3 is 0 Å². The Labute approximate surface area is 122 Å². The molecule has 2 rings (SSSR count). The average Bonchev–Trinajstić information content (AvgIpc) is 2.88. The summed E-state index contributed by atoms with van der Waals surface area (Å²) in [6.45, 7) is 2.27. The van der Waals surface area contributed by atoms with E-state index in [9.17, 15) is 4.79 Å². The highest BCUT2D eigenvalue weighted by Gasteiger charge is 2.08. The minimum Gasteiger partial charge on any atom is -0.491 e. The fraction of sp³-hybridized carbons (Fsp3) is 0.286. The van der Waals surface area contributed by atoms with E-state index in [1.54, 1.807) is 18.3 Å². The zero-order valence-corrected chi connectivity index (χ0v) is 11.9. The zero-order chi connectivity index (χ0) is 14.4. The largest absolute Gasteiger partial charge is 0.491 e. The van der Waals surface area contributed by atoms with Crippen LogP contribution in [0.4, 0.5) is 5.82 Å². The Morgan fingerprint density at radius 1 is 1.45 bits per heavy atom. The van der Waals surface area contributed by atoms with Crippen molar-refractivity contribution >= 4 is 23.3 Å². The van der Waals surface area contributed by atoms with Crippen molar-refractivity contribution in [3.8, 4) is 5.75 Å². The van der Waals surface area contributed by atoms with E-state index in [0.29, 0.717) is 16.6 Å². The third kappa shape index (κ3) is 3.74. The Morgan fingerprint density at radius 3 is 3.00 bits per heavy atom. The lowest BCUT2D eigenvalue weighted by Crippen LogP contribution is -2.16. The SMILES string of the molecule is CCc1cn[nH]c1NC(=O)CCOc1ccccc1Cl. The van der Waals surface area contributed by atoms with Crippen molar-refractivity contribution in [2.24, 2.45) is 0 Å². The highest BCUT2D eigenvalue weighted by atomic mass is 35.5. The molecule has 2 N–H and O–H groups in total. The smallest absolute Gasteiger partial charge is 0.228 e. The molecule has 0 radical (unpaired) electrons. The van der Waals surface area contributed by atoms with Crippen molar-refractivity contribution in [3.05, 3.63) is 41.0 Å². The molecule has 0 saturated carbocycles. The van der Waals surface area contributed by atoms with Gasteiger partial charge in [-0.05, 0) is 18.6 Å². The normalized spacial score (nSPS) is 10.3. The predicted octanol–water partition coefficient (Wildman–Crippen LogP) is 3.03. The maximum absolute atomic E-state index is 11.8. The molecule has 6 heteroatoms. The van der Waals surface area contributed by atoms with Crippen LogP contribution in [-0.2, 0) is 11.2 Å². The number of ether oxygens (including phenoxy) is 1. The maximum Gasteiger partial charge on any atom is 0.228 e. The van der Waals surface area contributed by atoms with Crippen LogP contribution in [0, 0.1) is 0 Å². The lowest BCUT2D eigenvalue weighted by molar-refractivity contribution is -0.116. The monoisotopic (exact) mass is 293 g/mol. The molecule has 2 aromatic rings. The Morgan fingerprint density at radius 2 is 2.25 bits per heavy atom. The van der Waals surface area contributed by atoms with Gasteiger partial charge < -0.3 is 10.1 Å². The van der Waals surface area contributed by atoms with E-state index in [0.717, 1.165) is 12.0 Å². The molecular weight excluding hydrogens is 278 g/mol. The molecule has 0 aliphatic rings. The molecule has 0 atom stereocenters. The van der Waals surface area contributed by atoms with Crippen molar-refractivity contribution in [1.29, 1.82) is 0 Å². The third-order valence-electron chi connectivity index (χ3n) is 2.79. The van der Waals surface area contributed by atoms with Gasteiger partial charge in [-0.3, -0.25) is 9.89 Å². The second-order valence-electron chi connectivity index (χ2n) is 4.20. The number of hydrogen-bond donors (Lipinski definition) is 2. The van der Waals surface area contributed by atoms with Gasteiger partial charge in [0.05, 0.1) is 24.2 Å². The van der Waals surface area contributed by atoms with Crippen LogP contribution in [0.5, 0.6) is 5.75 Å². The fourth-order valence-corrected chi connectivity index (χ4v) is 1.90. The predicted molar refractivity (Wildman–Crippen MR) is 78.2 cm³/mol. The number of H-pyrrole nitrogens is 1. The highest BCUT2D eigenvalue weighted by Crippen LogP contribution is 2.23. The average molecular weight is 294 g/mol. The molecule has 5 nitrogen and oxygen atoms in total. The molecule has 1 aromatic carbocycles. The van der Waals surface area contributed by atoms with Gasteiger partial charge in [-0.1, -0.05) is 30.7 Å². The van der Waals surface area contributed by atoms with Gasteiger partial charge in [0, 0.05) is 5.56 Å². The molecule has 1 aromatic heterocycles. The van der Waals surface area contributed by atoms with Crippen molar-refractivity contribution in [2.75, 3.05) is 11.9 Å². The molecule has 0 unspecified atom stereocenters. The van der Waals surface area contributed by atoms with Crippen molar-refractivity contribution in [1.82, 2.24) is 10.2 Å². The fourth-order valence-electron chi connectivity index (χ4n) is 1.70. The number of hydrogen-bond acceptors (Lipinski definition) is 3. The second kappa shape index (κ2) is 6.96. The first-order chi connectivity index (χ1) is 9.70. The first-order valence-corrected chi connectivity index (χ1v) is 6.78. The summed E-state index contributed by atoms with van der Waals surface area (Å²) in [7, 11) is 0. The summed E-state index contributed by atoms with van der Waals surface area (Å²) in [5, 5.41) is 9.97. The summed E-state index contributed by atoms with van der Waals surface area (Å²) < 4.78 is 5.46. The molecule has 0 spiro atoms. The van der Waals surface area contributed by atoms with Crippen LogP contribution in [0.25, 0.3) is 0 Å². The molecule has 106 valence electrons. The van der Waals surface area contributed by atoms with Crippen LogP contribution in [0.2, 0.25) is 5.02 Å². The topological polar surface area (TPSA) is 67.0 Å². The number of carbonyl (C=O) groups excluding carboxylic acids is 1. The third-order valence-corrected chi connectivity index (χ3v) is 3.10. The number of rotatable bonds is 6. The summed E-state index contributed by atoms with van der Waals surface area (Å²) in [5.74, 6) is 1.10. The Hall–Kier alpha value is -2.01. The van der Waals surface area contributed by atoms with Gasteiger partial charge in [0.2, 0.25) is 5.91 Å². The number of benzene rings is 1. The summed E-state index contributed by atoms with van der Waals surface area (Å²) in [6.07, 6.45) is 2.76. The van der Waals surface area contributed by atoms with Gasteiger partial charge in [-0.2, -0.15) is 5.10 Å².